The van der Waals surface area contributed by atoms with Crippen LogP contribution in [0.25, 0.3) is 5.57 Å². The largest absolute Gasteiger partial charge is 0.497 e. The Kier molecular flexibility index (Phi) is 2.56. The molecule has 2 rings (SSSR count). The number of ether oxygens (including phenoxy) is 1. The lowest BCUT2D eigenvalue weighted by Gasteiger charge is -2.19. The van der Waals surface area contributed by atoms with Gasteiger partial charge in [0.25, 0.3) is 0 Å². The molecular weight excluding hydrogens is 240 g/mol. The van der Waals surface area contributed by atoms with Gasteiger partial charge in [-0.1, -0.05) is 0 Å². The minimum absolute atomic E-state index is 0.189. The van der Waals surface area contributed by atoms with Crippen LogP contribution in [0.5, 0.6) is 5.75 Å². The van der Waals surface area contributed by atoms with Crippen LogP contribution in [0.1, 0.15) is 19.4 Å². The van der Waals surface area contributed by atoms with Gasteiger partial charge >= 0.3 is 0 Å². The number of sulfone groups is 1. The fourth-order valence-electron chi connectivity index (χ4n) is 1.84. The molecule has 1 aromatic rings. The molecule has 0 unspecified atom stereocenters. The summed E-state index contributed by atoms with van der Waals surface area (Å²) in [7, 11) is -1.99. The molecular formula is C12H14O4S. The van der Waals surface area contributed by atoms with Crippen LogP contribution in [-0.2, 0) is 9.84 Å². The molecule has 1 aromatic carbocycles. The van der Waals surface area contributed by atoms with Crippen molar-refractivity contribution in [2.45, 2.75) is 24.3 Å². The number of aliphatic hydroxyl groups is 1. The molecule has 0 saturated heterocycles. The molecule has 1 N–H and O–H groups in total. The molecule has 1 aliphatic heterocycles. The van der Waals surface area contributed by atoms with Crippen LogP contribution in [-0.4, -0.2) is 26.2 Å². The highest BCUT2D eigenvalue weighted by Gasteiger charge is 2.34. The molecule has 92 valence electrons. The summed E-state index contributed by atoms with van der Waals surface area (Å²) in [6.45, 7) is 3.13. The molecule has 17 heavy (non-hydrogen) atoms. The molecule has 1 aliphatic rings. The predicted octanol–water partition coefficient (Wildman–Crippen LogP) is 1.59. The highest BCUT2D eigenvalue weighted by Crippen LogP contribution is 2.40. The second-order valence-corrected chi connectivity index (χ2v) is 6.26. The van der Waals surface area contributed by atoms with Crippen molar-refractivity contribution in [3.63, 3.8) is 0 Å². The van der Waals surface area contributed by atoms with E-state index >= 15 is 0 Å². The Hall–Kier alpha value is -1.33. The van der Waals surface area contributed by atoms with E-state index < -0.39 is 15.4 Å². The van der Waals surface area contributed by atoms with Gasteiger partial charge in [-0.25, -0.2) is 8.42 Å². The van der Waals surface area contributed by atoms with Crippen LogP contribution in [0, 0.1) is 0 Å². The molecule has 0 saturated carbocycles. The van der Waals surface area contributed by atoms with Gasteiger partial charge in [0.05, 0.1) is 17.6 Å². The van der Waals surface area contributed by atoms with Crippen LogP contribution in [0.2, 0.25) is 0 Å². The molecule has 0 aromatic heterocycles. The summed E-state index contributed by atoms with van der Waals surface area (Å²) in [5, 5.41) is 11.1. The SMILES string of the molecule is COc1ccc2c(c1)S(=O)(=O)C=C2C(C)(C)O. The van der Waals surface area contributed by atoms with Gasteiger partial charge in [-0.2, -0.15) is 0 Å². The molecule has 0 amide bonds. The van der Waals surface area contributed by atoms with Gasteiger partial charge in [-0.3, -0.25) is 0 Å². The van der Waals surface area contributed by atoms with Gasteiger partial charge in [-0.15, -0.1) is 0 Å². The van der Waals surface area contributed by atoms with Gasteiger partial charge in [-0.05, 0) is 32.0 Å². The summed E-state index contributed by atoms with van der Waals surface area (Å²) in [6, 6.07) is 4.81. The van der Waals surface area contributed by atoms with E-state index in [9.17, 15) is 13.5 Å². The maximum Gasteiger partial charge on any atom is 0.200 e. The van der Waals surface area contributed by atoms with E-state index in [4.69, 9.17) is 4.74 Å². The van der Waals surface area contributed by atoms with E-state index in [1.807, 2.05) is 0 Å². The van der Waals surface area contributed by atoms with Crippen molar-refractivity contribution in [2.24, 2.45) is 0 Å². The zero-order chi connectivity index (χ0) is 12.8. The zero-order valence-electron chi connectivity index (χ0n) is 9.89. The highest BCUT2D eigenvalue weighted by molar-refractivity contribution is 7.95. The van der Waals surface area contributed by atoms with Gasteiger partial charge in [0, 0.05) is 16.5 Å². The van der Waals surface area contributed by atoms with E-state index in [1.165, 1.54) is 13.2 Å². The fourth-order valence-corrected chi connectivity index (χ4v) is 3.46. The van der Waals surface area contributed by atoms with Crippen LogP contribution >= 0.6 is 0 Å². The molecule has 0 spiro atoms. The van der Waals surface area contributed by atoms with Crippen LogP contribution < -0.4 is 4.74 Å². The second-order valence-electron chi connectivity index (χ2n) is 4.50. The number of hydrogen-bond acceptors (Lipinski definition) is 4. The molecule has 4 nitrogen and oxygen atoms in total. The quantitative estimate of drug-likeness (QED) is 0.870. The summed E-state index contributed by atoms with van der Waals surface area (Å²) in [4.78, 5) is 0.189. The van der Waals surface area contributed by atoms with E-state index in [-0.39, 0.29) is 4.90 Å². The molecule has 1 heterocycles. The van der Waals surface area contributed by atoms with Gasteiger partial charge in [0.1, 0.15) is 5.75 Å². The van der Waals surface area contributed by atoms with Crippen molar-refractivity contribution in [2.75, 3.05) is 7.11 Å². The molecule has 5 heteroatoms. The van der Waals surface area contributed by atoms with E-state index in [0.29, 0.717) is 16.9 Å². The normalized spacial score (nSPS) is 17.5. The second kappa shape index (κ2) is 3.58. The fraction of sp³-hybridized carbons (Fsp3) is 0.333. The van der Waals surface area contributed by atoms with Crippen molar-refractivity contribution < 1.29 is 18.3 Å². The summed E-state index contributed by atoms with van der Waals surface area (Å²) in [6.07, 6.45) is 0. The molecule has 0 aliphatic carbocycles. The van der Waals surface area contributed by atoms with Gasteiger partial charge in [0.2, 0.25) is 9.84 Å². The third kappa shape index (κ3) is 1.96. The van der Waals surface area contributed by atoms with Gasteiger partial charge in [0.15, 0.2) is 0 Å². The smallest absolute Gasteiger partial charge is 0.200 e. The lowest BCUT2D eigenvalue weighted by Crippen LogP contribution is -2.19. The van der Waals surface area contributed by atoms with E-state index in [1.54, 1.807) is 26.0 Å². The van der Waals surface area contributed by atoms with Crippen molar-refractivity contribution in [3.05, 3.63) is 29.2 Å². The monoisotopic (exact) mass is 254 g/mol. The summed E-state index contributed by atoms with van der Waals surface area (Å²) >= 11 is 0. The molecule has 0 fully saturated rings. The number of hydrogen-bond donors (Lipinski definition) is 1. The first-order valence-corrected chi connectivity index (χ1v) is 6.68. The Morgan fingerprint density at radius 2 is 1.94 bits per heavy atom. The Morgan fingerprint density at radius 3 is 2.47 bits per heavy atom. The van der Waals surface area contributed by atoms with E-state index in [0.717, 1.165) is 5.41 Å². The minimum Gasteiger partial charge on any atom is -0.497 e. The Labute approximate surface area is 100 Å². The predicted molar refractivity (Wildman–Crippen MR) is 64.5 cm³/mol. The van der Waals surface area contributed by atoms with Crippen molar-refractivity contribution in [3.8, 4) is 5.75 Å². The Morgan fingerprint density at radius 1 is 1.29 bits per heavy atom. The van der Waals surface area contributed by atoms with Gasteiger partial charge < -0.3 is 9.84 Å². The Balaban J connectivity index is 2.69. The average molecular weight is 254 g/mol. The maximum absolute atomic E-state index is 11.9. The van der Waals surface area contributed by atoms with Crippen molar-refractivity contribution >= 4 is 15.4 Å². The third-order valence-electron chi connectivity index (χ3n) is 2.72. The third-order valence-corrected chi connectivity index (χ3v) is 4.21. The number of methoxy groups -OCH3 is 1. The number of rotatable bonds is 2. The summed E-state index contributed by atoms with van der Waals surface area (Å²) < 4.78 is 28.9. The van der Waals surface area contributed by atoms with Crippen molar-refractivity contribution in [1.82, 2.24) is 0 Å². The molecule has 0 radical (unpaired) electrons. The zero-order valence-corrected chi connectivity index (χ0v) is 10.7. The minimum atomic E-state index is -3.47. The van der Waals surface area contributed by atoms with Crippen LogP contribution in [0.3, 0.4) is 0 Å². The molecule has 0 atom stereocenters. The number of benzene rings is 1. The van der Waals surface area contributed by atoms with Crippen molar-refractivity contribution in [1.29, 1.82) is 0 Å². The maximum atomic E-state index is 11.9. The Bertz CT molecular complexity index is 591. The summed E-state index contributed by atoms with van der Waals surface area (Å²) in [5.74, 6) is 0.484. The standard InChI is InChI=1S/C12H14O4S/c1-12(2,13)10-7-17(14,15)11-6-8(16-3)4-5-9(10)11/h4-7,13H,1-3H3. The first-order chi connectivity index (χ1) is 7.75. The van der Waals surface area contributed by atoms with Crippen LogP contribution in [0.15, 0.2) is 28.5 Å². The van der Waals surface area contributed by atoms with E-state index in [2.05, 4.69) is 0 Å². The topological polar surface area (TPSA) is 63.6 Å². The summed E-state index contributed by atoms with van der Waals surface area (Å²) in [5.41, 5.74) is -0.235. The average Bonchev–Trinajstić information content (AvgIpc) is 2.50. The first kappa shape index (κ1) is 12.1. The lowest BCUT2D eigenvalue weighted by atomic mass is 9.93. The van der Waals surface area contributed by atoms with Crippen LogP contribution in [0.4, 0.5) is 0 Å². The highest BCUT2D eigenvalue weighted by atomic mass is 32.2. The lowest BCUT2D eigenvalue weighted by molar-refractivity contribution is 0.144. The number of fused-ring (bicyclic) bond motifs is 1. The first-order valence-electron chi connectivity index (χ1n) is 5.14. The molecule has 0 bridgehead atoms.